The highest BCUT2D eigenvalue weighted by molar-refractivity contribution is 5.05. The average molecular weight is 169 g/mol. The average Bonchev–Trinajstić information content (AvgIpc) is 2.36. The lowest BCUT2D eigenvalue weighted by Gasteiger charge is -2.06. The van der Waals surface area contributed by atoms with Crippen molar-refractivity contribution in [3.8, 4) is 0 Å². The molecule has 2 N–H and O–H groups in total. The van der Waals surface area contributed by atoms with E-state index in [1.807, 2.05) is 20.3 Å². The number of likely N-dealkylation sites (N-methyl/N-ethyl adjacent to an activating group) is 1. The number of nitrogens with one attached hydrogen (secondary N) is 1. The zero-order valence-corrected chi connectivity index (χ0v) is 7.49. The first kappa shape index (κ1) is 9.22. The number of nitrogens with zero attached hydrogens (tertiary/aromatic N) is 2. The molecule has 0 aromatic carbocycles. The molecule has 12 heavy (non-hydrogen) atoms. The number of aromatic nitrogens is 2. The Morgan fingerprint density at radius 3 is 3.00 bits per heavy atom. The van der Waals surface area contributed by atoms with Crippen LogP contribution in [0.25, 0.3) is 0 Å². The summed E-state index contributed by atoms with van der Waals surface area (Å²) in [4.78, 5) is 0. The molecule has 1 aromatic rings. The van der Waals surface area contributed by atoms with Gasteiger partial charge in [-0.05, 0) is 12.6 Å². The third kappa shape index (κ3) is 2.64. The quantitative estimate of drug-likeness (QED) is 0.641. The molecule has 68 valence electrons. The topological polar surface area (TPSA) is 50.1 Å². The van der Waals surface area contributed by atoms with Gasteiger partial charge in [-0.3, -0.25) is 4.68 Å². The van der Waals surface area contributed by atoms with E-state index in [1.54, 1.807) is 10.9 Å². The zero-order valence-electron chi connectivity index (χ0n) is 7.49. The van der Waals surface area contributed by atoms with Gasteiger partial charge in [-0.25, -0.2) is 0 Å². The second-order valence-electron chi connectivity index (χ2n) is 2.94. The molecule has 1 rings (SSSR count). The van der Waals surface area contributed by atoms with Crippen LogP contribution < -0.4 is 5.32 Å². The van der Waals surface area contributed by atoms with Crippen LogP contribution in [0.15, 0.2) is 12.4 Å². The second-order valence-corrected chi connectivity index (χ2v) is 2.94. The lowest BCUT2D eigenvalue weighted by atomic mass is 10.1. The second kappa shape index (κ2) is 4.23. The molecule has 0 bridgehead atoms. The SMILES string of the molecule is CNCC(O)Cc1cnn(C)c1. The van der Waals surface area contributed by atoms with Gasteiger partial charge < -0.3 is 10.4 Å². The first-order valence-electron chi connectivity index (χ1n) is 4.02. The summed E-state index contributed by atoms with van der Waals surface area (Å²) in [5, 5.41) is 16.3. The van der Waals surface area contributed by atoms with Crippen LogP contribution in [0.1, 0.15) is 5.56 Å². The van der Waals surface area contributed by atoms with E-state index >= 15 is 0 Å². The van der Waals surface area contributed by atoms with Gasteiger partial charge in [-0.1, -0.05) is 0 Å². The third-order valence-electron chi connectivity index (χ3n) is 1.67. The summed E-state index contributed by atoms with van der Waals surface area (Å²) in [7, 11) is 3.69. The van der Waals surface area contributed by atoms with Crippen LogP contribution in [0.2, 0.25) is 0 Å². The van der Waals surface area contributed by atoms with Gasteiger partial charge in [0.2, 0.25) is 0 Å². The first-order chi connectivity index (χ1) is 5.72. The Hall–Kier alpha value is -0.870. The summed E-state index contributed by atoms with van der Waals surface area (Å²) < 4.78 is 1.74. The van der Waals surface area contributed by atoms with Crippen LogP contribution in [0.4, 0.5) is 0 Å². The lowest BCUT2D eigenvalue weighted by Crippen LogP contribution is -2.25. The van der Waals surface area contributed by atoms with Gasteiger partial charge in [0.1, 0.15) is 0 Å². The molecular weight excluding hydrogens is 154 g/mol. The van der Waals surface area contributed by atoms with Crippen molar-refractivity contribution in [1.29, 1.82) is 0 Å². The molecule has 0 aliphatic carbocycles. The molecule has 1 unspecified atom stereocenters. The Balaban J connectivity index is 2.41. The van der Waals surface area contributed by atoms with Crippen LogP contribution in [0.3, 0.4) is 0 Å². The van der Waals surface area contributed by atoms with E-state index in [4.69, 9.17) is 0 Å². The first-order valence-corrected chi connectivity index (χ1v) is 4.02. The normalized spacial score (nSPS) is 13.2. The van der Waals surface area contributed by atoms with E-state index in [1.165, 1.54) is 0 Å². The maximum Gasteiger partial charge on any atom is 0.0705 e. The van der Waals surface area contributed by atoms with Gasteiger partial charge in [0.15, 0.2) is 0 Å². The fourth-order valence-electron chi connectivity index (χ4n) is 1.16. The van der Waals surface area contributed by atoms with Crippen LogP contribution in [0, 0.1) is 0 Å². The number of aliphatic hydroxyl groups is 1. The molecule has 0 radical (unpaired) electrons. The Labute approximate surface area is 72.2 Å². The van der Waals surface area contributed by atoms with Crippen LogP contribution in [-0.4, -0.2) is 34.6 Å². The van der Waals surface area contributed by atoms with Crippen molar-refractivity contribution >= 4 is 0 Å². The van der Waals surface area contributed by atoms with Crippen LogP contribution >= 0.6 is 0 Å². The van der Waals surface area contributed by atoms with Crippen molar-refractivity contribution in [1.82, 2.24) is 15.1 Å². The Bertz CT molecular complexity index is 234. The lowest BCUT2D eigenvalue weighted by molar-refractivity contribution is 0.175. The van der Waals surface area contributed by atoms with Gasteiger partial charge in [-0.2, -0.15) is 5.10 Å². The Morgan fingerprint density at radius 1 is 1.75 bits per heavy atom. The van der Waals surface area contributed by atoms with Crippen molar-refractivity contribution in [3.05, 3.63) is 18.0 Å². The largest absolute Gasteiger partial charge is 0.391 e. The van der Waals surface area contributed by atoms with Gasteiger partial charge in [0, 0.05) is 26.2 Å². The number of hydrogen-bond donors (Lipinski definition) is 2. The summed E-state index contributed by atoms with van der Waals surface area (Å²) in [6, 6.07) is 0. The minimum absolute atomic E-state index is 0.320. The molecule has 0 aliphatic heterocycles. The molecule has 4 nitrogen and oxygen atoms in total. The van der Waals surface area contributed by atoms with Crippen molar-refractivity contribution in [2.24, 2.45) is 7.05 Å². The highest BCUT2D eigenvalue weighted by Gasteiger charge is 2.04. The minimum Gasteiger partial charge on any atom is -0.391 e. The number of hydrogen-bond acceptors (Lipinski definition) is 3. The standard InChI is InChI=1S/C8H15N3O/c1-9-5-8(12)3-7-4-10-11(2)6-7/h4,6,8-9,12H,3,5H2,1-2H3. The number of aliphatic hydroxyl groups excluding tert-OH is 1. The predicted molar refractivity (Wildman–Crippen MR) is 46.8 cm³/mol. The fraction of sp³-hybridized carbons (Fsp3) is 0.625. The van der Waals surface area contributed by atoms with Crippen molar-refractivity contribution in [2.45, 2.75) is 12.5 Å². The summed E-state index contributed by atoms with van der Waals surface area (Å²) in [5.74, 6) is 0. The molecule has 1 aromatic heterocycles. The van der Waals surface area contributed by atoms with E-state index in [0.29, 0.717) is 13.0 Å². The summed E-state index contributed by atoms with van der Waals surface area (Å²) in [5.41, 5.74) is 1.07. The van der Waals surface area contributed by atoms with E-state index in [0.717, 1.165) is 5.56 Å². The Kier molecular flexibility index (Phi) is 3.25. The molecule has 0 saturated carbocycles. The summed E-state index contributed by atoms with van der Waals surface area (Å²) in [6.45, 7) is 0.620. The van der Waals surface area contributed by atoms with Crippen molar-refractivity contribution in [2.75, 3.05) is 13.6 Å². The maximum atomic E-state index is 9.41. The van der Waals surface area contributed by atoms with E-state index in [-0.39, 0.29) is 6.10 Å². The molecule has 4 heteroatoms. The summed E-state index contributed by atoms with van der Waals surface area (Å²) >= 11 is 0. The van der Waals surface area contributed by atoms with Crippen LogP contribution in [-0.2, 0) is 13.5 Å². The van der Waals surface area contributed by atoms with Gasteiger partial charge in [0.25, 0.3) is 0 Å². The van der Waals surface area contributed by atoms with Crippen LogP contribution in [0.5, 0.6) is 0 Å². The van der Waals surface area contributed by atoms with E-state index in [9.17, 15) is 5.11 Å². The minimum atomic E-state index is -0.320. The highest BCUT2D eigenvalue weighted by Crippen LogP contribution is 2.00. The molecule has 0 amide bonds. The number of rotatable bonds is 4. The van der Waals surface area contributed by atoms with Gasteiger partial charge in [-0.15, -0.1) is 0 Å². The smallest absolute Gasteiger partial charge is 0.0705 e. The fourth-order valence-corrected chi connectivity index (χ4v) is 1.16. The predicted octanol–water partition coefficient (Wildman–Crippen LogP) is -0.457. The summed E-state index contributed by atoms with van der Waals surface area (Å²) in [6.07, 6.45) is 4.03. The third-order valence-corrected chi connectivity index (χ3v) is 1.67. The number of aryl methyl sites for hydroxylation is 1. The Morgan fingerprint density at radius 2 is 2.50 bits per heavy atom. The molecule has 1 heterocycles. The molecular formula is C8H15N3O. The molecule has 1 atom stereocenters. The highest BCUT2D eigenvalue weighted by atomic mass is 16.3. The van der Waals surface area contributed by atoms with Crippen molar-refractivity contribution in [3.63, 3.8) is 0 Å². The molecule has 0 spiro atoms. The van der Waals surface area contributed by atoms with E-state index in [2.05, 4.69) is 10.4 Å². The molecule has 0 fully saturated rings. The van der Waals surface area contributed by atoms with Gasteiger partial charge in [0.05, 0.1) is 12.3 Å². The van der Waals surface area contributed by atoms with Crippen molar-refractivity contribution < 1.29 is 5.11 Å². The zero-order chi connectivity index (χ0) is 8.97. The maximum absolute atomic E-state index is 9.41. The van der Waals surface area contributed by atoms with Gasteiger partial charge >= 0.3 is 0 Å². The van der Waals surface area contributed by atoms with E-state index < -0.39 is 0 Å². The molecule has 0 aliphatic rings. The molecule has 0 saturated heterocycles. The monoisotopic (exact) mass is 169 g/mol.